The average molecular weight is 352 g/mol. The number of fused-ring (bicyclic) bond motifs is 2. The van der Waals surface area contributed by atoms with Crippen molar-refractivity contribution in [3.8, 4) is 0 Å². The van der Waals surface area contributed by atoms with Crippen molar-refractivity contribution in [3.63, 3.8) is 0 Å². The third-order valence-corrected chi connectivity index (χ3v) is 4.94. The summed E-state index contributed by atoms with van der Waals surface area (Å²) in [7, 11) is 0. The molecule has 112 valence electrons. The molecule has 2 heterocycles. The zero-order valence-electron chi connectivity index (χ0n) is 12.5. The maximum Gasteiger partial charge on any atom is 0.208 e. The van der Waals surface area contributed by atoms with Crippen LogP contribution in [-0.2, 0) is 11.1 Å². The van der Waals surface area contributed by atoms with Crippen molar-refractivity contribution in [1.82, 2.24) is 5.06 Å². The summed E-state index contributed by atoms with van der Waals surface area (Å²) in [6, 6.07) is 5.72. The van der Waals surface area contributed by atoms with E-state index in [1.54, 1.807) is 6.07 Å². The van der Waals surface area contributed by atoms with Crippen molar-refractivity contribution in [2.45, 2.75) is 38.8 Å². The Morgan fingerprint density at radius 3 is 2.33 bits per heavy atom. The Morgan fingerprint density at radius 1 is 1.19 bits per heavy atom. The first-order valence-electron chi connectivity index (χ1n) is 6.86. The van der Waals surface area contributed by atoms with E-state index in [0.29, 0.717) is 11.3 Å². The number of hydroxylamine groups is 2. The number of benzene rings is 1. The first-order chi connectivity index (χ1) is 9.69. The van der Waals surface area contributed by atoms with Crippen molar-refractivity contribution in [2.75, 3.05) is 5.33 Å². The molecule has 0 amide bonds. The van der Waals surface area contributed by atoms with Crippen LogP contribution in [0.1, 0.15) is 49.4 Å². The van der Waals surface area contributed by atoms with E-state index in [1.807, 2.05) is 39.8 Å². The summed E-state index contributed by atoms with van der Waals surface area (Å²) in [4.78, 5) is 11.8. The van der Waals surface area contributed by atoms with Gasteiger partial charge in [0.2, 0.25) is 5.78 Å². The van der Waals surface area contributed by atoms with Gasteiger partial charge in [-0.25, -0.2) is 0 Å². The SMILES string of the molecule is CC1(C)c2cc3cc(C(=O)CBr)oc3cc2C(C)(C)N1O. The predicted molar refractivity (Wildman–Crippen MR) is 84.0 cm³/mol. The highest BCUT2D eigenvalue weighted by Gasteiger charge is 2.49. The van der Waals surface area contributed by atoms with Crippen molar-refractivity contribution >= 4 is 32.7 Å². The van der Waals surface area contributed by atoms with Crippen LogP contribution < -0.4 is 0 Å². The van der Waals surface area contributed by atoms with Gasteiger partial charge >= 0.3 is 0 Å². The molecule has 5 heteroatoms. The van der Waals surface area contributed by atoms with Crippen LogP contribution in [0.2, 0.25) is 0 Å². The van der Waals surface area contributed by atoms with Crippen LogP contribution >= 0.6 is 15.9 Å². The third-order valence-electron chi connectivity index (χ3n) is 4.43. The lowest BCUT2D eigenvalue weighted by Crippen LogP contribution is -2.42. The molecule has 0 bridgehead atoms. The van der Waals surface area contributed by atoms with Gasteiger partial charge in [-0.2, -0.15) is 5.06 Å². The zero-order chi connectivity index (χ0) is 15.6. The Bertz CT molecular complexity index is 692. The van der Waals surface area contributed by atoms with Crippen LogP contribution in [0.5, 0.6) is 0 Å². The van der Waals surface area contributed by atoms with Gasteiger partial charge in [0.05, 0.1) is 16.4 Å². The van der Waals surface area contributed by atoms with Gasteiger partial charge < -0.3 is 9.62 Å². The van der Waals surface area contributed by atoms with E-state index >= 15 is 0 Å². The number of Topliss-reactive ketones (excluding diaryl/α,β-unsaturated/α-hetero) is 1. The third kappa shape index (κ3) is 1.91. The smallest absolute Gasteiger partial charge is 0.208 e. The summed E-state index contributed by atoms with van der Waals surface area (Å²) in [5.74, 6) is 0.288. The Morgan fingerprint density at radius 2 is 1.76 bits per heavy atom. The summed E-state index contributed by atoms with van der Waals surface area (Å²) in [6.45, 7) is 7.91. The minimum absolute atomic E-state index is 0.0753. The van der Waals surface area contributed by atoms with Gasteiger partial charge in [-0.15, -0.1) is 0 Å². The van der Waals surface area contributed by atoms with Gasteiger partial charge in [-0.3, -0.25) is 4.79 Å². The number of nitrogens with zero attached hydrogens (tertiary/aromatic N) is 1. The predicted octanol–water partition coefficient (Wildman–Crippen LogP) is 4.19. The molecule has 3 rings (SSSR count). The van der Waals surface area contributed by atoms with Crippen molar-refractivity contribution in [1.29, 1.82) is 0 Å². The first kappa shape index (κ1) is 14.8. The van der Waals surface area contributed by atoms with Crippen molar-refractivity contribution in [2.24, 2.45) is 0 Å². The van der Waals surface area contributed by atoms with Crippen LogP contribution in [-0.4, -0.2) is 21.4 Å². The van der Waals surface area contributed by atoms with Gasteiger partial charge in [0.1, 0.15) is 5.58 Å². The largest absolute Gasteiger partial charge is 0.453 e. The van der Waals surface area contributed by atoms with E-state index in [9.17, 15) is 10.0 Å². The number of carbonyl (C=O) groups excluding carboxylic acids is 1. The molecule has 1 aromatic heterocycles. The fourth-order valence-corrected chi connectivity index (χ4v) is 3.51. The normalized spacial score (nSPS) is 19.9. The monoisotopic (exact) mass is 351 g/mol. The number of halogens is 1. The average Bonchev–Trinajstić information content (AvgIpc) is 2.91. The van der Waals surface area contributed by atoms with Crippen LogP contribution in [0.25, 0.3) is 11.0 Å². The molecule has 4 nitrogen and oxygen atoms in total. The molecule has 0 aliphatic carbocycles. The molecule has 0 spiro atoms. The zero-order valence-corrected chi connectivity index (χ0v) is 14.1. The molecule has 0 fully saturated rings. The highest BCUT2D eigenvalue weighted by atomic mass is 79.9. The molecular weight excluding hydrogens is 334 g/mol. The molecule has 21 heavy (non-hydrogen) atoms. The second-order valence-corrected chi connectivity index (χ2v) is 7.09. The van der Waals surface area contributed by atoms with Crippen LogP contribution in [0.3, 0.4) is 0 Å². The molecule has 2 aromatic rings. The van der Waals surface area contributed by atoms with E-state index in [4.69, 9.17) is 4.42 Å². The Kier molecular flexibility index (Phi) is 3.10. The van der Waals surface area contributed by atoms with Crippen LogP contribution in [0.4, 0.5) is 0 Å². The summed E-state index contributed by atoms with van der Waals surface area (Å²) in [5.41, 5.74) is 1.77. The summed E-state index contributed by atoms with van der Waals surface area (Å²) in [6.07, 6.45) is 0. The van der Waals surface area contributed by atoms with Gasteiger partial charge in [0.15, 0.2) is 5.76 Å². The number of hydrogen-bond donors (Lipinski definition) is 1. The van der Waals surface area contributed by atoms with Crippen molar-refractivity contribution in [3.05, 3.63) is 35.1 Å². The second-order valence-electron chi connectivity index (χ2n) is 6.53. The van der Waals surface area contributed by atoms with E-state index in [1.165, 1.54) is 5.06 Å². The maximum absolute atomic E-state index is 11.8. The molecule has 1 aromatic carbocycles. The lowest BCUT2D eigenvalue weighted by molar-refractivity contribution is -0.216. The number of alkyl halides is 1. The molecule has 0 atom stereocenters. The highest BCUT2D eigenvalue weighted by Crippen LogP contribution is 2.49. The summed E-state index contributed by atoms with van der Waals surface area (Å²) in [5, 5.41) is 13.0. The minimum Gasteiger partial charge on any atom is -0.453 e. The Labute approximate surface area is 131 Å². The number of rotatable bonds is 2. The molecule has 0 saturated carbocycles. The molecule has 1 N–H and O–H groups in total. The van der Waals surface area contributed by atoms with Crippen LogP contribution in [0.15, 0.2) is 22.6 Å². The molecule has 0 radical (unpaired) electrons. The molecule has 0 unspecified atom stereocenters. The second kappa shape index (κ2) is 4.41. The fraction of sp³-hybridized carbons (Fsp3) is 0.438. The van der Waals surface area contributed by atoms with Gasteiger partial charge in [-0.1, -0.05) is 15.9 Å². The van der Waals surface area contributed by atoms with E-state index in [0.717, 1.165) is 16.5 Å². The van der Waals surface area contributed by atoms with E-state index in [-0.39, 0.29) is 11.1 Å². The van der Waals surface area contributed by atoms with Crippen molar-refractivity contribution < 1.29 is 14.4 Å². The molecule has 1 aliphatic rings. The van der Waals surface area contributed by atoms with Gasteiger partial charge in [0, 0.05) is 5.39 Å². The highest BCUT2D eigenvalue weighted by molar-refractivity contribution is 9.09. The lowest BCUT2D eigenvalue weighted by Gasteiger charge is -2.34. The Balaban J connectivity index is 2.26. The number of carbonyl (C=O) groups is 1. The van der Waals surface area contributed by atoms with E-state index < -0.39 is 11.1 Å². The number of ketones is 1. The lowest BCUT2D eigenvalue weighted by atomic mass is 9.90. The van der Waals surface area contributed by atoms with Crippen LogP contribution in [0, 0.1) is 0 Å². The molecule has 1 aliphatic heterocycles. The number of hydrogen-bond acceptors (Lipinski definition) is 4. The quantitative estimate of drug-likeness (QED) is 0.651. The number of furan rings is 1. The van der Waals surface area contributed by atoms with Gasteiger partial charge in [-0.05, 0) is 57.0 Å². The summed E-state index contributed by atoms with van der Waals surface area (Å²) < 4.78 is 5.66. The summed E-state index contributed by atoms with van der Waals surface area (Å²) >= 11 is 3.16. The first-order valence-corrected chi connectivity index (χ1v) is 7.98. The Hall–Kier alpha value is -1.17. The standard InChI is InChI=1S/C16H18BrNO3/c1-15(2)10-5-9-6-14(12(19)8-17)21-13(9)7-11(10)16(3,4)18(15)20/h5-7,20H,8H2,1-4H3. The van der Waals surface area contributed by atoms with Gasteiger partial charge in [0.25, 0.3) is 0 Å². The minimum atomic E-state index is -0.501. The maximum atomic E-state index is 11.8. The molecule has 0 saturated heterocycles. The van der Waals surface area contributed by atoms with E-state index in [2.05, 4.69) is 15.9 Å². The fourth-order valence-electron chi connectivity index (χ4n) is 3.23. The molecular formula is C16H18BrNO3. The topological polar surface area (TPSA) is 53.7 Å².